The van der Waals surface area contributed by atoms with Crippen molar-refractivity contribution in [1.82, 2.24) is 9.88 Å². The summed E-state index contributed by atoms with van der Waals surface area (Å²) in [6, 6.07) is 14.1. The lowest BCUT2D eigenvalue weighted by Gasteiger charge is -2.36. The molecule has 1 saturated heterocycles. The number of thiazole rings is 1. The third-order valence-electron chi connectivity index (χ3n) is 6.15. The van der Waals surface area contributed by atoms with E-state index in [9.17, 15) is 4.79 Å². The number of piperidine rings is 1. The van der Waals surface area contributed by atoms with Gasteiger partial charge in [0.2, 0.25) is 0 Å². The lowest BCUT2D eigenvalue weighted by Crippen LogP contribution is -2.41. The summed E-state index contributed by atoms with van der Waals surface area (Å²) in [5.41, 5.74) is 8.86. The number of fused-ring (bicyclic) bond motifs is 1. The highest BCUT2D eigenvalue weighted by molar-refractivity contribution is 7.16. The molecule has 9 heteroatoms. The molecule has 3 heterocycles. The maximum absolute atomic E-state index is 11.0. The highest BCUT2D eigenvalue weighted by Gasteiger charge is 2.30. The minimum Gasteiger partial charge on any atom is -0.446 e. The fourth-order valence-corrected chi connectivity index (χ4v) is 5.10. The fraction of sp³-hybridized carbons (Fsp3) is 0.333. The molecule has 0 spiro atoms. The van der Waals surface area contributed by atoms with Gasteiger partial charge in [-0.3, -0.25) is 4.79 Å². The van der Waals surface area contributed by atoms with Gasteiger partial charge < -0.3 is 30.3 Å². The van der Waals surface area contributed by atoms with E-state index in [4.69, 9.17) is 15.2 Å². The molecule has 172 valence electrons. The second-order valence-corrected chi connectivity index (χ2v) is 9.54. The van der Waals surface area contributed by atoms with Crippen molar-refractivity contribution in [3.05, 3.63) is 52.9 Å². The largest absolute Gasteiger partial charge is 0.446 e. The number of carbonyl (C=O) groups is 1. The van der Waals surface area contributed by atoms with Gasteiger partial charge in [0.15, 0.2) is 16.6 Å². The van der Waals surface area contributed by atoms with Crippen molar-refractivity contribution < 1.29 is 14.3 Å². The Morgan fingerprint density at radius 3 is 2.55 bits per heavy atom. The number of carbonyl (C=O) groups excluding carboxylic acids is 1. The third-order valence-corrected chi connectivity index (χ3v) is 7.15. The van der Waals surface area contributed by atoms with Gasteiger partial charge in [-0.1, -0.05) is 11.3 Å². The molecule has 33 heavy (non-hydrogen) atoms. The van der Waals surface area contributed by atoms with Gasteiger partial charge >= 0.3 is 0 Å². The second kappa shape index (κ2) is 8.92. The third kappa shape index (κ3) is 4.46. The minimum atomic E-state index is -0.678. The SMILES string of the molecule is CN(C)C1CCN(c2ccc(Nc3nc(N)c(C4Oc5ccc(C=O)cc5O4)s3)cc2)CC1. The zero-order valence-electron chi connectivity index (χ0n) is 18.7. The topological polar surface area (TPSA) is 93.0 Å². The quantitative estimate of drug-likeness (QED) is 0.521. The second-order valence-electron chi connectivity index (χ2n) is 8.51. The molecule has 1 aromatic heterocycles. The van der Waals surface area contributed by atoms with E-state index in [1.165, 1.54) is 29.9 Å². The van der Waals surface area contributed by atoms with Gasteiger partial charge in [-0.15, -0.1) is 0 Å². The molecule has 0 bridgehead atoms. The number of nitrogens with zero attached hydrogens (tertiary/aromatic N) is 3. The van der Waals surface area contributed by atoms with Gasteiger partial charge in [0.1, 0.15) is 17.0 Å². The van der Waals surface area contributed by atoms with Crippen LogP contribution < -0.4 is 25.4 Å². The first-order valence-corrected chi connectivity index (χ1v) is 11.8. The van der Waals surface area contributed by atoms with Crippen LogP contribution in [0.25, 0.3) is 0 Å². The predicted molar refractivity (Wildman–Crippen MR) is 131 cm³/mol. The number of nitrogens with two attached hydrogens (primary N) is 1. The van der Waals surface area contributed by atoms with E-state index in [0.29, 0.717) is 38.9 Å². The van der Waals surface area contributed by atoms with Gasteiger partial charge in [0.05, 0.1) is 0 Å². The zero-order valence-corrected chi connectivity index (χ0v) is 19.5. The van der Waals surface area contributed by atoms with Gasteiger partial charge in [-0.05, 0) is 69.4 Å². The van der Waals surface area contributed by atoms with E-state index in [2.05, 4.69) is 58.5 Å². The molecule has 3 N–H and O–H groups in total. The molecule has 0 saturated carbocycles. The van der Waals surface area contributed by atoms with E-state index in [-0.39, 0.29) is 0 Å². The van der Waals surface area contributed by atoms with E-state index in [0.717, 1.165) is 25.1 Å². The van der Waals surface area contributed by atoms with E-state index in [1.807, 2.05) is 0 Å². The van der Waals surface area contributed by atoms with Crippen molar-refractivity contribution in [2.75, 3.05) is 43.1 Å². The molecule has 2 aliphatic rings. The van der Waals surface area contributed by atoms with Crippen LogP contribution in [-0.2, 0) is 0 Å². The number of nitrogens with one attached hydrogen (secondary N) is 1. The van der Waals surface area contributed by atoms with Crippen LogP contribution in [0.4, 0.5) is 22.3 Å². The van der Waals surface area contributed by atoms with Crippen molar-refractivity contribution in [2.45, 2.75) is 25.2 Å². The monoisotopic (exact) mass is 465 g/mol. The minimum absolute atomic E-state index is 0.358. The van der Waals surface area contributed by atoms with Crippen LogP contribution in [0, 0.1) is 0 Å². The number of anilines is 4. The zero-order chi connectivity index (χ0) is 22.9. The molecule has 0 amide bonds. The smallest absolute Gasteiger partial charge is 0.280 e. The van der Waals surface area contributed by atoms with Gasteiger partial charge in [0, 0.05) is 36.1 Å². The lowest BCUT2D eigenvalue weighted by molar-refractivity contribution is 0.0525. The van der Waals surface area contributed by atoms with Gasteiger partial charge in [0.25, 0.3) is 6.29 Å². The van der Waals surface area contributed by atoms with Crippen LogP contribution in [0.15, 0.2) is 42.5 Å². The van der Waals surface area contributed by atoms with Crippen LogP contribution in [0.1, 0.15) is 34.4 Å². The molecule has 2 aliphatic heterocycles. The van der Waals surface area contributed by atoms with Crippen LogP contribution >= 0.6 is 11.3 Å². The molecule has 3 aromatic rings. The highest BCUT2D eigenvalue weighted by atomic mass is 32.1. The maximum atomic E-state index is 11.0. The Hall–Kier alpha value is -3.30. The van der Waals surface area contributed by atoms with Crippen LogP contribution in [0.3, 0.4) is 0 Å². The summed E-state index contributed by atoms with van der Waals surface area (Å²) in [4.78, 5) is 20.9. The van der Waals surface area contributed by atoms with E-state index >= 15 is 0 Å². The van der Waals surface area contributed by atoms with Crippen LogP contribution in [-0.4, -0.2) is 49.4 Å². The molecule has 0 radical (unpaired) electrons. The Bertz CT molecular complexity index is 1140. The van der Waals surface area contributed by atoms with Crippen molar-refractivity contribution in [3.63, 3.8) is 0 Å². The summed E-state index contributed by atoms with van der Waals surface area (Å²) in [7, 11) is 4.32. The molecule has 2 aromatic carbocycles. The number of aldehydes is 1. The first kappa shape index (κ1) is 21.5. The van der Waals surface area contributed by atoms with E-state index < -0.39 is 6.29 Å². The summed E-state index contributed by atoms with van der Waals surface area (Å²) < 4.78 is 11.7. The first-order valence-electron chi connectivity index (χ1n) is 11.0. The van der Waals surface area contributed by atoms with Crippen molar-refractivity contribution in [2.24, 2.45) is 0 Å². The van der Waals surface area contributed by atoms with E-state index in [1.54, 1.807) is 18.2 Å². The number of nitrogen functional groups attached to an aromatic ring is 1. The Kier molecular flexibility index (Phi) is 5.82. The Morgan fingerprint density at radius 2 is 1.85 bits per heavy atom. The Morgan fingerprint density at radius 1 is 1.12 bits per heavy atom. The normalized spacial score (nSPS) is 18.0. The molecule has 5 rings (SSSR count). The highest BCUT2D eigenvalue weighted by Crippen LogP contribution is 2.44. The fourth-order valence-electron chi connectivity index (χ4n) is 4.23. The van der Waals surface area contributed by atoms with Crippen molar-refractivity contribution in [3.8, 4) is 11.5 Å². The van der Waals surface area contributed by atoms with Crippen LogP contribution in [0.2, 0.25) is 0 Å². The molecular formula is C24H27N5O3S. The van der Waals surface area contributed by atoms with Gasteiger partial charge in [-0.2, -0.15) is 0 Å². The molecule has 1 fully saturated rings. The summed E-state index contributed by atoms with van der Waals surface area (Å²) in [5, 5.41) is 3.99. The molecular weight excluding hydrogens is 438 g/mol. The molecule has 0 aliphatic carbocycles. The first-order chi connectivity index (χ1) is 16.0. The molecule has 8 nitrogen and oxygen atoms in total. The number of hydrogen-bond donors (Lipinski definition) is 2. The Balaban J connectivity index is 1.23. The van der Waals surface area contributed by atoms with Crippen molar-refractivity contribution >= 4 is 39.9 Å². The van der Waals surface area contributed by atoms with Crippen molar-refractivity contribution in [1.29, 1.82) is 0 Å². The summed E-state index contributed by atoms with van der Waals surface area (Å²) in [5.74, 6) is 1.46. The number of aromatic nitrogens is 1. The molecule has 1 unspecified atom stereocenters. The average molecular weight is 466 g/mol. The summed E-state index contributed by atoms with van der Waals surface area (Å²) in [6.07, 6.45) is 2.46. The number of rotatable bonds is 6. The maximum Gasteiger partial charge on any atom is 0.280 e. The molecule has 1 atom stereocenters. The average Bonchev–Trinajstić information content (AvgIpc) is 3.41. The number of hydrogen-bond acceptors (Lipinski definition) is 9. The lowest BCUT2D eigenvalue weighted by atomic mass is 10.0. The number of ether oxygens (including phenoxy) is 2. The summed E-state index contributed by atoms with van der Waals surface area (Å²) >= 11 is 1.39. The predicted octanol–water partition coefficient (Wildman–Crippen LogP) is 4.28. The Labute approximate surface area is 196 Å². The van der Waals surface area contributed by atoms with Gasteiger partial charge in [-0.25, -0.2) is 4.98 Å². The number of benzene rings is 2. The standard InChI is InChI=1S/C24H27N5O3S/c1-28(2)17-9-11-29(12-10-17)18-6-4-16(5-7-18)26-24-27-22(25)21(33-24)23-31-19-8-3-15(14-30)13-20(19)32-23/h3-8,13-14,17,23H,9-12,25H2,1-2H3,(H,26,27). The van der Waals surface area contributed by atoms with Crippen LogP contribution in [0.5, 0.6) is 11.5 Å². The summed E-state index contributed by atoms with van der Waals surface area (Å²) in [6.45, 7) is 2.14.